The van der Waals surface area contributed by atoms with Gasteiger partial charge in [0, 0.05) is 11.0 Å². The summed E-state index contributed by atoms with van der Waals surface area (Å²) in [5.74, 6) is 0.833. The van der Waals surface area contributed by atoms with Crippen molar-refractivity contribution in [2.75, 3.05) is 7.11 Å². The molecule has 1 aromatic carbocycles. The van der Waals surface area contributed by atoms with E-state index in [0.717, 1.165) is 16.2 Å². The first-order chi connectivity index (χ1) is 6.29. The van der Waals surface area contributed by atoms with E-state index < -0.39 is 0 Å². The third kappa shape index (κ3) is 1.60. The highest BCUT2D eigenvalue weighted by Crippen LogP contribution is 2.37. The number of ether oxygens (including phenoxy) is 1. The third-order valence-corrected chi connectivity index (χ3v) is 2.73. The maximum Gasteiger partial charge on any atom is 0.218 e. The van der Waals surface area contributed by atoms with Crippen molar-refractivity contribution in [2.45, 2.75) is 0 Å². The van der Waals surface area contributed by atoms with Crippen LogP contribution in [-0.4, -0.2) is 12.2 Å². The molecule has 1 heterocycles. The number of carbonyl (C=O) groups excluding carboxylic acids is 1. The molecule has 0 fully saturated rings. The van der Waals surface area contributed by atoms with Gasteiger partial charge in [0.2, 0.25) is 5.12 Å². The van der Waals surface area contributed by atoms with Crippen LogP contribution < -0.4 is 4.74 Å². The van der Waals surface area contributed by atoms with Crippen LogP contribution in [0.4, 0.5) is 0 Å². The molecule has 0 amide bonds. The van der Waals surface area contributed by atoms with Crippen molar-refractivity contribution in [1.29, 1.82) is 0 Å². The molecule has 0 spiro atoms. The summed E-state index contributed by atoms with van der Waals surface area (Å²) in [6.07, 6.45) is 1.65. The molecule has 0 saturated heterocycles. The Morgan fingerprint density at radius 1 is 1.23 bits per heavy atom. The molecule has 0 unspecified atom stereocenters. The predicted molar refractivity (Wildman–Crippen MR) is 53.6 cm³/mol. The normalized spacial score (nSPS) is 14.8. The van der Waals surface area contributed by atoms with E-state index in [1.807, 2.05) is 24.3 Å². The van der Waals surface area contributed by atoms with Crippen LogP contribution in [-0.2, 0) is 4.79 Å². The first-order valence-corrected chi connectivity index (χ1v) is 4.69. The van der Waals surface area contributed by atoms with Gasteiger partial charge >= 0.3 is 0 Å². The second kappa shape index (κ2) is 3.26. The van der Waals surface area contributed by atoms with Crippen LogP contribution >= 0.6 is 11.8 Å². The molecule has 0 bridgehead atoms. The Morgan fingerprint density at radius 3 is 2.31 bits per heavy atom. The lowest BCUT2D eigenvalue weighted by Gasteiger charge is -2.12. The first-order valence-electron chi connectivity index (χ1n) is 3.87. The maximum atomic E-state index is 10.7. The Kier molecular flexibility index (Phi) is 2.10. The lowest BCUT2D eigenvalue weighted by Crippen LogP contribution is -1.98. The smallest absolute Gasteiger partial charge is 0.218 e. The Balaban J connectivity index is 2.24. The van der Waals surface area contributed by atoms with Crippen LogP contribution in [0.5, 0.6) is 5.75 Å². The van der Waals surface area contributed by atoms with Crippen molar-refractivity contribution in [1.82, 2.24) is 0 Å². The fourth-order valence-corrected chi connectivity index (χ4v) is 1.74. The van der Waals surface area contributed by atoms with Gasteiger partial charge in [0.1, 0.15) is 5.75 Å². The van der Waals surface area contributed by atoms with E-state index in [4.69, 9.17) is 4.74 Å². The molecule has 2 nitrogen and oxygen atoms in total. The minimum absolute atomic E-state index is 0.130. The molecule has 0 atom stereocenters. The molecule has 0 aromatic heterocycles. The summed E-state index contributed by atoms with van der Waals surface area (Å²) >= 11 is 1.28. The summed E-state index contributed by atoms with van der Waals surface area (Å²) in [5, 5.41) is 0.130. The SMILES string of the molecule is COc1ccc(C2=CC(=O)S2)cc1. The molecule has 0 saturated carbocycles. The van der Waals surface area contributed by atoms with E-state index >= 15 is 0 Å². The fraction of sp³-hybridized carbons (Fsp3) is 0.100. The number of rotatable bonds is 2. The number of benzene rings is 1. The monoisotopic (exact) mass is 192 g/mol. The lowest BCUT2D eigenvalue weighted by atomic mass is 10.2. The van der Waals surface area contributed by atoms with Crippen LogP contribution in [0.1, 0.15) is 5.56 Å². The molecule has 13 heavy (non-hydrogen) atoms. The van der Waals surface area contributed by atoms with Crippen molar-refractivity contribution in [3.63, 3.8) is 0 Å². The molecule has 1 aliphatic rings. The largest absolute Gasteiger partial charge is 0.497 e. The molecule has 3 heteroatoms. The number of hydrogen-bond acceptors (Lipinski definition) is 3. The lowest BCUT2D eigenvalue weighted by molar-refractivity contribution is -0.107. The summed E-state index contributed by atoms with van der Waals surface area (Å²) in [7, 11) is 1.63. The summed E-state index contributed by atoms with van der Waals surface area (Å²) in [6.45, 7) is 0. The molecular formula is C10H8O2S. The van der Waals surface area contributed by atoms with Crippen molar-refractivity contribution in [3.8, 4) is 5.75 Å². The summed E-state index contributed by atoms with van der Waals surface area (Å²) in [5.41, 5.74) is 1.07. The van der Waals surface area contributed by atoms with Crippen LogP contribution in [0.15, 0.2) is 30.3 Å². The van der Waals surface area contributed by atoms with Gasteiger partial charge in [-0.15, -0.1) is 0 Å². The number of thioether (sulfide) groups is 1. The zero-order chi connectivity index (χ0) is 9.26. The van der Waals surface area contributed by atoms with Gasteiger partial charge in [-0.25, -0.2) is 0 Å². The second-order valence-electron chi connectivity index (χ2n) is 2.66. The fourth-order valence-electron chi connectivity index (χ4n) is 1.11. The summed E-state index contributed by atoms with van der Waals surface area (Å²) < 4.78 is 5.03. The van der Waals surface area contributed by atoms with Crippen LogP contribution in [0.3, 0.4) is 0 Å². The third-order valence-electron chi connectivity index (χ3n) is 1.83. The quantitative estimate of drug-likeness (QED) is 0.719. The molecule has 1 aliphatic heterocycles. The Bertz CT molecular complexity index is 365. The van der Waals surface area contributed by atoms with Gasteiger partial charge in [0.05, 0.1) is 7.11 Å². The summed E-state index contributed by atoms with van der Waals surface area (Å²) in [4.78, 5) is 11.7. The Morgan fingerprint density at radius 2 is 1.85 bits per heavy atom. The standard InChI is InChI=1S/C10H8O2S/c1-12-8-4-2-7(3-5-8)9-6-10(11)13-9/h2-6H,1H3. The van der Waals surface area contributed by atoms with Gasteiger partial charge in [-0.3, -0.25) is 4.79 Å². The van der Waals surface area contributed by atoms with Crippen molar-refractivity contribution < 1.29 is 9.53 Å². The molecule has 0 N–H and O–H groups in total. The molecular weight excluding hydrogens is 184 g/mol. The number of carbonyl (C=O) groups is 1. The van der Waals surface area contributed by atoms with E-state index in [-0.39, 0.29) is 5.12 Å². The highest BCUT2D eigenvalue weighted by atomic mass is 32.2. The van der Waals surface area contributed by atoms with Crippen molar-refractivity contribution in [3.05, 3.63) is 35.9 Å². The van der Waals surface area contributed by atoms with Gasteiger partial charge in [-0.05, 0) is 29.5 Å². The maximum absolute atomic E-state index is 10.7. The molecule has 0 aliphatic carbocycles. The highest BCUT2D eigenvalue weighted by Gasteiger charge is 2.17. The van der Waals surface area contributed by atoms with Gasteiger partial charge < -0.3 is 4.74 Å². The van der Waals surface area contributed by atoms with Crippen LogP contribution in [0.2, 0.25) is 0 Å². The predicted octanol–water partition coefficient (Wildman–Crippen LogP) is 2.31. The Hall–Kier alpha value is -1.22. The average molecular weight is 192 g/mol. The molecule has 2 rings (SSSR count). The minimum atomic E-state index is 0.130. The Labute approximate surface area is 80.6 Å². The summed E-state index contributed by atoms with van der Waals surface area (Å²) in [6, 6.07) is 7.67. The van der Waals surface area contributed by atoms with Gasteiger partial charge in [-0.2, -0.15) is 0 Å². The van der Waals surface area contributed by atoms with Crippen LogP contribution in [0.25, 0.3) is 4.91 Å². The highest BCUT2D eigenvalue weighted by molar-refractivity contribution is 8.24. The van der Waals surface area contributed by atoms with Gasteiger partial charge in [0.15, 0.2) is 0 Å². The zero-order valence-electron chi connectivity index (χ0n) is 7.11. The van der Waals surface area contributed by atoms with E-state index in [0.29, 0.717) is 0 Å². The van der Waals surface area contributed by atoms with Crippen molar-refractivity contribution >= 4 is 21.8 Å². The zero-order valence-corrected chi connectivity index (χ0v) is 7.93. The topological polar surface area (TPSA) is 26.3 Å². The minimum Gasteiger partial charge on any atom is -0.497 e. The number of hydrogen-bond donors (Lipinski definition) is 0. The molecule has 66 valence electrons. The number of methoxy groups -OCH3 is 1. The van der Waals surface area contributed by atoms with E-state index in [1.165, 1.54) is 11.8 Å². The second-order valence-corrected chi connectivity index (χ2v) is 3.70. The molecule has 0 radical (unpaired) electrons. The van der Waals surface area contributed by atoms with E-state index in [1.54, 1.807) is 13.2 Å². The van der Waals surface area contributed by atoms with Crippen molar-refractivity contribution in [2.24, 2.45) is 0 Å². The van der Waals surface area contributed by atoms with E-state index in [2.05, 4.69) is 0 Å². The average Bonchev–Trinajstić information content (AvgIpc) is 2.13. The molecule has 1 aromatic rings. The first kappa shape index (κ1) is 8.38. The van der Waals surface area contributed by atoms with Crippen LogP contribution in [0, 0.1) is 0 Å². The van der Waals surface area contributed by atoms with Gasteiger partial charge in [-0.1, -0.05) is 12.1 Å². The van der Waals surface area contributed by atoms with Gasteiger partial charge in [0.25, 0.3) is 0 Å². The van der Waals surface area contributed by atoms with E-state index in [9.17, 15) is 4.79 Å².